The van der Waals surface area contributed by atoms with Crippen molar-refractivity contribution >= 4 is 10.1 Å². The summed E-state index contributed by atoms with van der Waals surface area (Å²) in [4.78, 5) is -0.0741. The molecule has 0 heterocycles. The van der Waals surface area contributed by atoms with Crippen molar-refractivity contribution in [3.63, 3.8) is 0 Å². The smallest absolute Gasteiger partial charge is 0.282 e. The summed E-state index contributed by atoms with van der Waals surface area (Å²) in [7, 11) is -4.00. The third-order valence-electron chi connectivity index (χ3n) is 5.16. The van der Waals surface area contributed by atoms with Gasteiger partial charge in [-0.2, -0.15) is 8.42 Å². The first-order valence-electron chi connectivity index (χ1n) is 13.9. The standard InChI is InChI=1S/C11H24.C6H6O3S.2C6H14/c1-3-5-7-9-11-10-8-6-4-2;7-10(8,9)6-4-2-1-3-5-6;2*1-3-5-6-4-2/h3-11H2,1-2H3;1-5H,(H,7,8,9);2*3-6H2,1-2H3. The Balaban J connectivity index is -0.000000378. The Kier molecular flexibility index (Phi) is 34.6. The fraction of sp³-hybridized carbons (Fsp3) is 0.793. The number of benzene rings is 1. The van der Waals surface area contributed by atoms with Crippen molar-refractivity contribution in [3.05, 3.63) is 30.3 Å². The highest BCUT2D eigenvalue weighted by atomic mass is 32.2. The minimum Gasteiger partial charge on any atom is -0.282 e. The maximum Gasteiger partial charge on any atom is 0.294 e. The van der Waals surface area contributed by atoms with Crippen molar-refractivity contribution in [1.29, 1.82) is 0 Å². The SMILES string of the molecule is CCCCCC.CCCCCC.CCCCCCCCCCC.O=S(=O)(O)c1ccccc1. The van der Waals surface area contributed by atoms with Gasteiger partial charge in [0.2, 0.25) is 0 Å². The van der Waals surface area contributed by atoms with Gasteiger partial charge < -0.3 is 0 Å². The molecule has 33 heavy (non-hydrogen) atoms. The highest BCUT2D eigenvalue weighted by Crippen LogP contribution is 2.09. The molecule has 4 heteroatoms. The van der Waals surface area contributed by atoms with Crippen LogP contribution in [0.5, 0.6) is 0 Å². The summed E-state index contributed by atoms with van der Waals surface area (Å²) in [5.41, 5.74) is 0. The van der Waals surface area contributed by atoms with E-state index < -0.39 is 10.1 Å². The Morgan fingerprint density at radius 1 is 0.485 bits per heavy atom. The summed E-state index contributed by atoms with van der Waals surface area (Å²) in [6.45, 7) is 13.5. The zero-order chi connectivity index (χ0) is 25.6. The molecule has 1 aromatic carbocycles. The molecule has 0 fully saturated rings. The van der Waals surface area contributed by atoms with Gasteiger partial charge in [0.1, 0.15) is 0 Å². The second kappa shape index (κ2) is 31.1. The predicted octanol–water partition coefficient (Wildman–Crippen LogP) is 10.6. The molecule has 0 spiro atoms. The normalized spacial score (nSPS) is 10.2. The van der Waals surface area contributed by atoms with Crippen LogP contribution in [0.25, 0.3) is 0 Å². The Morgan fingerprint density at radius 2 is 0.727 bits per heavy atom. The van der Waals surface area contributed by atoms with Gasteiger partial charge in [0.05, 0.1) is 4.90 Å². The van der Waals surface area contributed by atoms with Crippen LogP contribution in [0.1, 0.15) is 151 Å². The van der Waals surface area contributed by atoms with Crippen LogP contribution in [0.15, 0.2) is 35.2 Å². The molecule has 0 unspecified atom stereocenters. The summed E-state index contributed by atoms with van der Waals surface area (Å²) in [5, 5.41) is 0. The zero-order valence-corrected chi connectivity index (χ0v) is 23.9. The molecular formula is C29H58O3S. The van der Waals surface area contributed by atoms with E-state index in [0.29, 0.717) is 0 Å². The van der Waals surface area contributed by atoms with E-state index in [-0.39, 0.29) is 4.90 Å². The maximum absolute atomic E-state index is 10.4. The van der Waals surface area contributed by atoms with Gasteiger partial charge in [-0.25, -0.2) is 0 Å². The van der Waals surface area contributed by atoms with E-state index in [1.165, 1.54) is 121 Å². The minimum atomic E-state index is -4.00. The average Bonchev–Trinajstić information content (AvgIpc) is 2.82. The lowest BCUT2D eigenvalue weighted by Crippen LogP contribution is -1.96. The summed E-state index contributed by atoms with van der Waals surface area (Å²) in [6, 6.07) is 7.42. The van der Waals surface area contributed by atoms with Gasteiger partial charge >= 0.3 is 0 Å². The lowest BCUT2D eigenvalue weighted by Gasteiger charge is -1.98. The van der Waals surface area contributed by atoms with Crippen LogP contribution < -0.4 is 0 Å². The Bertz CT molecular complexity index is 517. The van der Waals surface area contributed by atoms with Crippen LogP contribution in [0.4, 0.5) is 0 Å². The molecule has 1 rings (SSSR count). The second-order valence-corrected chi connectivity index (χ2v) is 10.1. The van der Waals surface area contributed by atoms with Crippen LogP contribution in [0, 0.1) is 0 Å². The monoisotopic (exact) mass is 486 g/mol. The number of rotatable bonds is 15. The maximum atomic E-state index is 10.4. The van der Waals surface area contributed by atoms with Gasteiger partial charge in [0.15, 0.2) is 0 Å². The number of unbranched alkanes of at least 4 members (excludes halogenated alkanes) is 14. The van der Waals surface area contributed by atoms with Crippen LogP contribution >= 0.6 is 0 Å². The molecule has 0 aliphatic heterocycles. The first-order chi connectivity index (χ1) is 15.8. The molecule has 0 aliphatic rings. The highest BCUT2D eigenvalue weighted by molar-refractivity contribution is 7.85. The molecule has 1 aromatic rings. The minimum absolute atomic E-state index is 0.0741. The molecule has 1 N–H and O–H groups in total. The van der Waals surface area contributed by atoms with Crippen LogP contribution in [-0.4, -0.2) is 13.0 Å². The van der Waals surface area contributed by atoms with E-state index in [1.807, 2.05) is 0 Å². The van der Waals surface area contributed by atoms with E-state index in [1.54, 1.807) is 18.2 Å². The molecule has 0 radical (unpaired) electrons. The summed E-state index contributed by atoms with van der Waals surface area (Å²) >= 11 is 0. The van der Waals surface area contributed by atoms with E-state index in [4.69, 9.17) is 4.55 Å². The van der Waals surface area contributed by atoms with Crippen molar-refractivity contribution < 1.29 is 13.0 Å². The van der Waals surface area contributed by atoms with Crippen molar-refractivity contribution in [1.82, 2.24) is 0 Å². The molecule has 0 saturated heterocycles. The quantitative estimate of drug-likeness (QED) is 0.198. The molecule has 0 atom stereocenters. The average molecular weight is 487 g/mol. The lowest BCUT2D eigenvalue weighted by atomic mass is 10.1. The van der Waals surface area contributed by atoms with Gasteiger partial charge in [-0.05, 0) is 12.1 Å². The largest absolute Gasteiger partial charge is 0.294 e. The third kappa shape index (κ3) is 35.9. The molecule has 0 aromatic heterocycles. The lowest BCUT2D eigenvalue weighted by molar-refractivity contribution is 0.483. The molecular weight excluding hydrogens is 428 g/mol. The summed E-state index contributed by atoms with van der Waals surface area (Å²) in [5.74, 6) is 0. The molecule has 0 aliphatic carbocycles. The number of hydrogen-bond donors (Lipinski definition) is 1. The van der Waals surface area contributed by atoms with E-state index >= 15 is 0 Å². The van der Waals surface area contributed by atoms with Gasteiger partial charge in [-0.1, -0.05) is 169 Å². The van der Waals surface area contributed by atoms with Crippen molar-refractivity contribution in [2.24, 2.45) is 0 Å². The zero-order valence-electron chi connectivity index (χ0n) is 23.1. The van der Waals surface area contributed by atoms with Crippen molar-refractivity contribution in [2.75, 3.05) is 0 Å². The van der Waals surface area contributed by atoms with Crippen molar-refractivity contribution in [3.8, 4) is 0 Å². The molecule has 0 amide bonds. The van der Waals surface area contributed by atoms with E-state index in [0.717, 1.165) is 0 Å². The Hall–Kier alpha value is -0.870. The van der Waals surface area contributed by atoms with Crippen molar-refractivity contribution in [2.45, 2.75) is 156 Å². The highest BCUT2D eigenvalue weighted by Gasteiger charge is 2.05. The van der Waals surface area contributed by atoms with Gasteiger partial charge in [-0.3, -0.25) is 4.55 Å². The third-order valence-corrected chi connectivity index (χ3v) is 6.03. The van der Waals surface area contributed by atoms with Crippen LogP contribution in [0.3, 0.4) is 0 Å². The summed E-state index contributed by atoms with van der Waals surface area (Å²) in [6.07, 6.45) is 24.0. The first-order valence-corrected chi connectivity index (χ1v) is 15.3. The topological polar surface area (TPSA) is 54.4 Å². The Labute approximate surface area is 208 Å². The molecule has 3 nitrogen and oxygen atoms in total. The number of hydrogen-bond acceptors (Lipinski definition) is 2. The molecule has 198 valence electrons. The molecule has 0 bridgehead atoms. The summed E-state index contributed by atoms with van der Waals surface area (Å²) < 4.78 is 29.2. The Morgan fingerprint density at radius 3 is 0.939 bits per heavy atom. The fourth-order valence-electron chi connectivity index (χ4n) is 2.98. The van der Waals surface area contributed by atoms with Crippen LogP contribution in [0.2, 0.25) is 0 Å². The van der Waals surface area contributed by atoms with E-state index in [2.05, 4.69) is 41.5 Å². The van der Waals surface area contributed by atoms with Gasteiger partial charge in [-0.15, -0.1) is 0 Å². The fourth-order valence-corrected chi connectivity index (χ4v) is 3.48. The first kappa shape index (κ1) is 36.7. The second-order valence-electron chi connectivity index (χ2n) is 8.68. The van der Waals surface area contributed by atoms with E-state index in [9.17, 15) is 8.42 Å². The van der Waals surface area contributed by atoms with Gasteiger partial charge in [0, 0.05) is 0 Å². The van der Waals surface area contributed by atoms with Crippen LogP contribution in [-0.2, 0) is 10.1 Å². The predicted molar refractivity (Wildman–Crippen MR) is 149 cm³/mol. The van der Waals surface area contributed by atoms with Gasteiger partial charge in [0.25, 0.3) is 10.1 Å². The molecule has 0 saturated carbocycles.